The zero-order valence-electron chi connectivity index (χ0n) is 27.9. The van der Waals surface area contributed by atoms with Gasteiger partial charge in [-0.2, -0.15) is 0 Å². The lowest BCUT2D eigenvalue weighted by Crippen LogP contribution is -2.10. The number of thioether (sulfide) groups is 1. The minimum Gasteiger partial charge on any atom is -0.359 e. The normalized spacial score (nSPS) is 20.2. The molecule has 0 atom stereocenters. The van der Waals surface area contributed by atoms with Gasteiger partial charge in [-0.1, -0.05) is 130 Å². The van der Waals surface area contributed by atoms with Crippen LogP contribution in [-0.2, 0) is 6.42 Å². The lowest BCUT2D eigenvalue weighted by molar-refractivity contribution is 0.428. The average molecular weight is 602 g/mol. The first-order valence-electron chi connectivity index (χ1n) is 16.1. The van der Waals surface area contributed by atoms with E-state index in [-0.39, 0.29) is 5.41 Å². The minimum absolute atomic E-state index is 0.229. The highest BCUT2D eigenvalue weighted by Gasteiger charge is 2.22. The molecule has 0 aromatic heterocycles. The Labute approximate surface area is 272 Å². The van der Waals surface area contributed by atoms with Crippen molar-refractivity contribution in [2.75, 3.05) is 5.32 Å². The number of fused-ring (bicyclic) bond motifs is 1. The van der Waals surface area contributed by atoms with Gasteiger partial charge in [-0.3, -0.25) is 0 Å². The molecule has 0 radical (unpaired) electrons. The van der Waals surface area contributed by atoms with Crippen LogP contribution < -0.4 is 5.32 Å². The van der Waals surface area contributed by atoms with Crippen molar-refractivity contribution in [1.82, 2.24) is 0 Å². The molecule has 0 fully saturated rings. The molecule has 2 aliphatic rings. The number of anilines is 1. The SMILES string of the molecule is C=C/C(=C\C/C=C(\C)C(C)(C)CC)Sc1cccc2c1CC(=C)CCC1=C(\C/C(Nc3ccc(C)cc3C)=C/C/C=C\1)C2=C. The van der Waals surface area contributed by atoms with Crippen LogP contribution in [0.3, 0.4) is 0 Å². The Morgan fingerprint density at radius 1 is 1.05 bits per heavy atom. The second-order valence-corrected chi connectivity index (χ2v) is 14.1. The number of nitrogens with one attached hydrogen (secondary N) is 1. The Hall–Kier alpha value is -3.49. The van der Waals surface area contributed by atoms with Crippen molar-refractivity contribution in [3.8, 4) is 0 Å². The molecule has 0 saturated heterocycles. The number of hydrogen-bond acceptors (Lipinski definition) is 2. The smallest absolute Gasteiger partial charge is 0.0411 e. The lowest BCUT2D eigenvalue weighted by Gasteiger charge is -2.23. The van der Waals surface area contributed by atoms with Crippen molar-refractivity contribution in [2.24, 2.45) is 5.41 Å². The van der Waals surface area contributed by atoms with Crippen LogP contribution in [-0.4, -0.2) is 0 Å². The topological polar surface area (TPSA) is 12.0 Å². The van der Waals surface area contributed by atoms with E-state index in [2.05, 4.69) is 127 Å². The zero-order valence-corrected chi connectivity index (χ0v) is 28.7. The molecule has 0 saturated carbocycles. The molecule has 0 amide bonds. The highest BCUT2D eigenvalue weighted by atomic mass is 32.2. The Bertz CT molecular complexity index is 1580. The maximum absolute atomic E-state index is 4.76. The van der Waals surface area contributed by atoms with Gasteiger partial charge in [0.05, 0.1) is 0 Å². The van der Waals surface area contributed by atoms with Crippen molar-refractivity contribution in [2.45, 2.75) is 91.4 Å². The molecule has 2 aliphatic carbocycles. The maximum atomic E-state index is 4.76. The fourth-order valence-electron chi connectivity index (χ4n) is 5.79. The minimum atomic E-state index is 0.229. The number of allylic oxidation sites excluding steroid dienone is 11. The van der Waals surface area contributed by atoms with Crippen molar-refractivity contribution < 1.29 is 0 Å². The second kappa shape index (κ2) is 15.0. The molecule has 0 aliphatic heterocycles. The maximum Gasteiger partial charge on any atom is 0.0411 e. The van der Waals surface area contributed by atoms with Gasteiger partial charge in [0.1, 0.15) is 0 Å². The highest BCUT2D eigenvalue weighted by molar-refractivity contribution is 8.03. The first-order chi connectivity index (χ1) is 21.0. The van der Waals surface area contributed by atoms with E-state index in [0.29, 0.717) is 0 Å². The van der Waals surface area contributed by atoms with Crippen LogP contribution in [0, 0.1) is 19.3 Å². The van der Waals surface area contributed by atoms with E-state index < -0.39 is 0 Å². The summed E-state index contributed by atoms with van der Waals surface area (Å²) in [6.07, 6.45) is 20.2. The summed E-state index contributed by atoms with van der Waals surface area (Å²) in [5.74, 6) is 0. The van der Waals surface area contributed by atoms with Gasteiger partial charge >= 0.3 is 0 Å². The van der Waals surface area contributed by atoms with Gasteiger partial charge in [0.25, 0.3) is 0 Å². The van der Waals surface area contributed by atoms with Gasteiger partial charge in [0.15, 0.2) is 0 Å². The fraction of sp³-hybridized carbons (Fsp3) is 0.333. The van der Waals surface area contributed by atoms with Gasteiger partial charge in [-0.25, -0.2) is 0 Å². The van der Waals surface area contributed by atoms with Crippen molar-refractivity contribution in [3.63, 3.8) is 0 Å². The Kier molecular flexibility index (Phi) is 11.4. The summed E-state index contributed by atoms with van der Waals surface area (Å²) in [7, 11) is 0. The summed E-state index contributed by atoms with van der Waals surface area (Å²) in [6, 6.07) is 13.3. The van der Waals surface area contributed by atoms with Gasteiger partial charge < -0.3 is 5.32 Å². The number of benzene rings is 2. The Balaban J connectivity index is 1.68. The van der Waals surface area contributed by atoms with E-state index in [9.17, 15) is 0 Å². The largest absolute Gasteiger partial charge is 0.359 e. The van der Waals surface area contributed by atoms with Gasteiger partial charge in [0.2, 0.25) is 0 Å². The summed E-state index contributed by atoms with van der Waals surface area (Å²) in [4.78, 5) is 2.45. The molecule has 230 valence electrons. The summed E-state index contributed by atoms with van der Waals surface area (Å²) < 4.78 is 0. The van der Waals surface area contributed by atoms with E-state index in [0.717, 1.165) is 50.5 Å². The summed E-state index contributed by atoms with van der Waals surface area (Å²) in [6.45, 7) is 26.9. The second-order valence-electron chi connectivity index (χ2n) is 13.0. The molecule has 0 unspecified atom stereocenters. The Morgan fingerprint density at radius 3 is 2.57 bits per heavy atom. The van der Waals surface area contributed by atoms with E-state index in [1.54, 1.807) is 0 Å². The third-order valence-corrected chi connectivity index (χ3v) is 10.5. The first-order valence-corrected chi connectivity index (χ1v) is 16.9. The first kappa shape index (κ1) is 33.4. The molecule has 2 heteroatoms. The summed E-state index contributed by atoms with van der Waals surface area (Å²) in [5.41, 5.74) is 14.3. The molecule has 0 heterocycles. The Morgan fingerprint density at radius 2 is 1.84 bits per heavy atom. The zero-order chi connectivity index (χ0) is 31.9. The molecule has 1 N–H and O–H groups in total. The number of hydrogen-bond donors (Lipinski definition) is 1. The predicted octanol–water partition coefficient (Wildman–Crippen LogP) is 12.8. The molecule has 2 aromatic carbocycles. The van der Waals surface area contributed by atoms with Crippen molar-refractivity contribution in [3.05, 3.63) is 148 Å². The van der Waals surface area contributed by atoms with E-state index in [1.807, 2.05) is 17.8 Å². The highest BCUT2D eigenvalue weighted by Crippen LogP contribution is 2.42. The standard InChI is InChI=1S/C42H51NS/c1-10-36(19-14-16-32(6)42(8,9)11-2)44-41-21-15-20-37-33(7)38-28-35(43-40-25-23-29(3)26-31(40)5)18-13-12-17-34(38)24-22-30(4)27-39(37)41/h10,12,15-21,23,25-26,43H,1,4,7,11,13-14,22,24,27-28H2,2-3,5-6,8-9H3/b17-12-,32-16+,35-18-,36-19+,38-34+. The van der Waals surface area contributed by atoms with E-state index in [1.165, 1.54) is 65.7 Å². The van der Waals surface area contributed by atoms with Crippen LogP contribution in [0.1, 0.15) is 88.5 Å². The monoisotopic (exact) mass is 601 g/mol. The molecule has 2 aromatic rings. The molecule has 1 nitrogen and oxygen atoms in total. The van der Waals surface area contributed by atoms with Crippen LogP contribution in [0.5, 0.6) is 0 Å². The van der Waals surface area contributed by atoms with Gasteiger partial charge in [0, 0.05) is 27.6 Å². The summed E-state index contributed by atoms with van der Waals surface area (Å²) >= 11 is 1.81. The van der Waals surface area contributed by atoms with Crippen LogP contribution in [0.25, 0.3) is 5.57 Å². The third-order valence-electron chi connectivity index (χ3n) is 9.37. The van der Waals surface area contributed by atoms with Crippen molar-refractivity contribution >= 4 is 23.0 Å². The summed E-state index contributed by atoms with van der Waals surface area (Å²) in [5, 5.41) is 3.77. The molecule has 4 rings (SSSR count). The van der Waals surface area contributed by atoms with Crippen LogP contribution in [0.2, 0.25) is 0 Å². The molecular formula is C42H51NS. The third kappa shape index (κ3) is 8.36. The van der Waals surface area contributed by atoms with Crippen molar-refractivity contribution in [1.29, 1.82) is 0 Å². The van der Waals surface area contributed by atoms with E-state index >= 15 is 0 Å². The molecular weight excluding hydrogens is 551 g/mol. The van der Waals surface area contributed by atoms with Gasteiger partial charge in [-0.05, 0) is 110 Å². The quantitative estimate of drug-likeness (QED) is 0.174. The average Bonchev–Trinajstić information content (AvgIpc) is 3.02. The molecule has 44 heavy (non-hydrogen) atoms. The van der Waals surface area contributed by atoms with Gasteiger partial charge in [-0.15, -0.1) is 0 Å². The van der Waals surface area contributed by atoms with Crippen LogP contribution >= 0.6 is 11.8 Å². The molecule has 0 bridgehead atoms. The number of aryl methyl sites for hydroxylation is 2. The van der Waals surface area contributed by atoms with Crippen LogP contribution in [0.15, 0.2) is 130 Å². The lowest BCUT2D eigenvalue weighted by atomic mass is 9.82. The predicted molar refractivity (Wildman–Crippen MR) is 197 cm³/mol. The fourth-order valence-corrected chi connectivity index (χ4v) is 6.76. The number of rotatable bonds is 9. The molecule has 0 spiro atoms. The van der Waals surface area contributed by atoms with Crippen LogP contribution in [0.4, 0.5) is 5.69 Å². The van der Waals surface area contributed by atoms with E-state index in [4.69, 9.17) is 6.58 Å².